The van der Waals surface area contributed by atoms with Gasteiger partial charge in [-0.1, -0.05) is 42.8 Å². The van der Waals surface area contributed by atoms with Gasteiger partial charge < -0.3 is 4.74 Å². The summed E-state index contributed by atoms with van der Waals surface area (Å²) in [6, 6.07) is 10.3. The van der Waals surface area contributed by atoms with E-state index in [0.717, 1.165) is 5.56 Å². The van der Waals surface area contributed by atoms with E-state index in [-0.39, 0.29) is 16.8 Å². The van der Waals surface area contributed by atoms with Gasteiger partial charge in [-0.3, -0.25) is 4.79 Å². The number of ether oxygens (including phenoxy) is 1. The zero-order valence-electron chi connectivity index (χ0n) is 12.8. The zero-order chi connectivity index (χ0) is 17.3. The smallest absolute Gasteiger partial charge is 0.275 e. The maximum Gasteiger partial charge on any atom is 0.275 e. The predicted octanol–water partition coefficient (Wildman–Crippen LogP) is 2.25. The lowest BCUT2D eigenvalue weighted by molar-refractivity contribution is -0.126. The number of rotatable bonds is 4. The number of pyridine rings is 1. The number of nitrogens with one attached hydrogen (secondary N) is 1. The minimum absolute atomic E-state index is 0.228. The van der Waals surface area contributed by atoms with Gasteiger partial charge in [-0.05, 0) is 17.7 Å². The summed E-state index contributed by atoms with van der Waals surface area (Å²) in [6.45, 7) is 1.83. The van der Waals surface area contributed by atoms with Crippen LogP contribution in [0.3, 0.4) is 0 Å². The summed E-state index contributed by atoms with van der Waals surface area (Å²) in [7, 11) is -3.86. The molecule has 126 valence electrons. The first kappa shape index (κ1) is 16.7. The van der Waals surface area contributed by atoms with Crippen LogP contribution >= 0.6 is 11.6 Å². The zero-order valence-corrected chi connectivity index (χ0v) is 14.3. The molecular formula is C16H15ClN2O4S. The summed E-state index contributed by atoms with van der Waals surface area (Å²) in [5.41, 5.74) is 1.32. The topological polar surface area (TPSA) is 85.4 Å². The number of para-hydroxylation sites is 1. The molecule has 0 saturated heterocycles. The lowest BCUT2D eigenvalue weighted by atomic mass is 9.97. The van der Waals surface area contributed by atoms with E-state index in [1.165, 1.54) is 12.3 Å². The van der Waals surface area contributed by atoms with E-state index in [4.69, 9.17) is 16.3 Å². The van der Waals surface area contributed by atoms with E-state index < -0.39 is 22.0 Å². The molecule has 1 aromatic heterocycles. The molecule has 2 unspecified atom stereocenters. The number of carbonyl (C=O) groups excluding carboxylic acids is 1. The Kier molecular flexibility index (Phi) is 4.47. The molecule has 0 spiro atoms. The molecule has 1 aliphatic heterocycles. The highest BCUT2D eigenvalue weighted by Gasteiger charge is 2.37. The van der Waals surface area contributed by atoms with Crippen molar-refractivity contribution in [2.24, 2.45) is 0 Å². The Labute approximate surface area is 144 Å². The molecule has 2 atom stereocenters. The SMILES string of the molecule is CC1c2ccccc2OC1C(=O)NS(=O)(=O)Cc1ccc(Cl)nc1. The van der Waals surface area contributed by atoms with Crippen LogP contribution in [0.4, 0.5) is 0 Å². The highest BCUT2D eigenvalue weighted by molar-refractivity contribution is 7.89. The average Bonchev–Trinajstić information content (AvgIpc) is 2.87. The fraction of sp³-hybridized carbons (Fsp3) is 0.250. The summed E-state index contributed by atoms with van der Waals surface area (Å²) in [5, 5.41) is 0.270. The van der Waals surface area contributed by atoms with Crippen LogP contribution in [0.25, 0.3) is 0 Å². The van der Waals surface area contributed by atoms with Crippen molar-refractivity contribution in [3.8, 4) is 5.75 Å². The number of sulfonamides is 1. The van der Waals surface area contributed by atoms with Crippen molar-refractivity contribution in [2.75, 3.05) is 0 Å². The van der Waals surface area contributed by atoms with Crippen LogP contribution in [-0.2, 0) is 20.6 Å². The normalized spacial score (nSPS) is 19.4. The fourth-order valence-corrected chi connectivity index (χ4v) is 3.82. The van der Waals surface area contributed by atoms with Crippen molar-refractivity contribution in [2.45, 2.75) is 24.7 Å². The molecule has 8 heteroatoms. The van der Waals surface area contributed by atoms with Crippen LogP contribution in [0.1, 0.15) is 24.0 Å². The minimum atomic E-state index is -3.86. The fourth-order valence-electron chi connectivity index (χ4n) is 2.61. The molecule has 2 heterocycles. The van der Waals surface area contributed by atoms with Crippen LogP contribution in [-0.4, -0.2) is 25.4 Å². The van der Waals surface area contributed by atoms with Gasteiger partial charge in [-0.25, -0.2) is 18.1 Å². The third kappa shape index (κ3) is 3.52. The van der Waals surface area contributed by atoms with Crippen molar-refractivity contribution in [1.29, 1.82) is 0 Å². The Morgan fingerprint density at radius 1 is 1.29 bits per heavy atom. The van der Waals surface area contributed by atoms with Crippen LogP contribution in [0, 0.1) is 0 Å². The number of nitrogens with zero attached hydrogens (tertiary/aromatic N) is 1. The molecule has 24 heavy (non-hydrogen) atoms. The molecule has 2 aromatic rings. The molecule has 0 bridgehead atoms. The van der Waals surface area contributed by atoms with E-state index >= 15 is 0 Å². The Bertz CT molecular complexity index is 868. The number of amides is 1. The van der Waals surface area contributed by atoms with Crippen molar-refractivity contribution in [3.63, 3.8) is 0 Å². The third-order valence-electron chi connectivity index (χ3n) is 3.78. The molecule has 0 fully saturated rings. The summed E-state index contributed by atoms with van der Waals surface area (Å²) < 4.78 is 32.0. The largest absolute Gasteiger partial charge is 0.480 e. The number of hydrogen-bond acceptors (Lipinski definition) is 5. The Morgan fingerprint density at radius 2 is 2.04 bits per heavy atom. The molecule has 3 rings (SSSR count). The molecule has 1 amide bonds. The van der Waals surface area contributed by atoms with E-state index in [9.17, 15) is 13.2 Å². The second kappa shape index (κ2) is 6.41. The van der Waals surface area contributed by atoms with Crippen LogP contribution in [0.15, 0.2) is 42.6 Å². The lowest BCUT2D eigenvalue weighted by Crippen LogP contribution is -2.42. The van der Waals surface area contributed by atoms with E-state index in [1.54, 1.807) is 18.2 Å². The van der Waals surface area contributed by atoms with Crippen LogP contribution in [0.2, 0.25) is 5.15 Å². The van der Waals surface area contributed by atoms with Crippen molar-refractivity contribution in [1.82, 2.24) is 9.71 Å². The first-order valence-corrected chi connectivity index (χ1v) is 9.29. The number of carbonyl (C=O) groups is 1. The highest BCUT2D eigenvalue weighted by Crippen LogP contribution is 2.37. The average molecular weight is 367 g/mol. The van der Waals surface area contributed by atoms with E-state index in [0.29, 0.717) is 11.3 Å². The maximum absolute atomic E-state index is 12.3. The first-order valence-electron chi connectivity index (χ1n) is 7.26. The molecule has 1 aromatic carbocycles. The van der Waals surface area contributed by atoms with Gasteiger partial charge in [0.05, 0.1) is 5.75 Å². The van der Waals surface area contributed by atoms with Gasteiger partial charge >= 0.3 is 0 Å². The minimum Gasteiger partial charge on any atom is -0.480 e. The molecule has 0 radical (unpaired) electrons. The van der Waals surface area contributed by atoms with E-state index in [1.807, 2.05) is 19.1 Å². The standard InChI is InChI=1S/C16H15ClN2O4S/c1-10-12-4-2-3-5-13(12)23-15(10)16(20)19-24(21,22)9-11-6-7-14(17)18-8-11/h2-8,10,15H,9H2,1H3,(H,19,20). The van der Waals surface area contributed by atoms with Gasteiger partial charge in [0, 0.05) is 17.7 Å². The van der Waals surface area contributed by atoms with Gasteiger partial charge in [0.15, 0.2) is 6.10 Å². The van der Waals surface area contributed by atoms with Gasteiger partial charge in [0.25, 0.3) is 5.91 Å². The van der Waals surface area contributed by atoms with Crippen molar-refractivity contribution >= 4 is 27.5 Å². The monoisotopic (exact) mass is 366 g/mol. The van der Waals surface area contributed by atoms with E-state index in [2.05, 4.69) is 9.71 Å². The lowest BCUT2D eigenvalue weighted by Gasteiger charge is -2.15. The van der Waals surface area contributed by atoms with Crippen molar-refractivity contribution < 1.29 is 17.9 Å². The van der Waals surface area contributed by atoms with Gasteiger partial charge in [0.2, 0.25) is 10.0 Å². The Hall–Kier alpha value is -2.12. The number of benzene rings is 1. The van der Waals surface area contributed by atoms with Crippen LogP contribution < -0.4 is 9.46 Å². The first-order chi connectivity index (χ1) is 11.4. The second-order valence-corrected chi connectivity index (χ2v) is 7.69. The number of aromatic nitrogens is 1. The highest BCUT2D eigenvalue weighted by atomic mass is 35.5. The molecule has 6 nitrogen and oxygen atoms in total. The van der Waals surface area contributed by atoms with Crippen molar-refractivity contribution in [3.05, 3.63) is 58.9 Å². The Morgan fingerprint density at radius 3 is 2.71 bits per heavy atom. The molecule has 0 aliphatic carbocycles. The summed E-state index contributed by atoms with van der Waals surface area (Å²) in [5.74, 6) is -0.671. The quantitative estimate of drug-likeness (QED) is 0.839. The number of fused-ring (bicyclic) bond motifs is 1. The van der Waals surface area contributed by atoms with Gasteiger partial charge in [-0.2, -0.15) is 0 Å². The molecular weight excluding hydrogens is 352 g/mol. The number of hydrogen-bond donors (Lipinski definition) is 1. The molecule has 1 N–H and O–H groups in total. The third-order valence-corrected chi connectivity index (χ3v) is 5.23. The maximum atomic E-state index is 12.3. The summed E-state index contributed by atoms with van der Waals surface area (Å²) >= 11 is 5.67. The summed E-state index contributed by atoms with van der Waals surface area (Å²) in [4.78, 5) is 16.2. The summed E-state index contributed by atoms with van der Waals surface area (Å²) in [6.07, 6.45) is 0.483. The van der Waals surface area contributed by atoms with Gasteiger partial charge in [-0.15, -0.1) is 0 Å². The predicted molar refractivity (Wildman–Crippen MR) is 89.3 cm³/mol. The molecule has 0 saturated carbocycles. The Balaban J connectivity index is 1.69. The van der Waals surface area contributed by atoms with Gasteiger partial charge in [0.1, 0.15) is 10.9 Å². The molecule has 1 aliphatic rings. The second-order valence-electron chi connectivity index (χ2n) is 5.58. The van der Waals surface area contributed by atoms with Crippen LogP contribution in [0.5, 0.6) is 5.75 Å². The number of halogens is 1.